The molecule has 1 aliphatic heterocycles. The molecule has 1 aromatic carbocycles. The molecule has 0 unspecified atom stereocenters. The molecule has 1 saturated heterocycles. The molecule has 2 fully saturated rings. The first kappa shape index (κ1) is 32.7. The molecule has 0 spiro atoms. The molecule has 43 heavy (non-hydrogen) atoms. The van der Waals surface area contributed by atoms with E-state index in [0.29, 0.717) is 18.0 Å². The summed E-state index contributed by atoms with van der Waals surface area (Å²) >= 11 is 0. The number of likely N-dealkylation sites (tertiary alicyclic amines) is 1. The molecule has 4 atom stereocenters. The second kappa shape index (κ2) is 13.2. The van der Waals surface area contributed by atoms with E-state index >= 15 is 0 Å². The highest BCUT2D eigenvalue weighted by Crippen LogP contribution is 2.49. The lowest BCUT2D eigenvalue weighted by Gasteiger charge is -2.37. The lowest BCUT2D eigenvalue weighted by Crippen LogP contribution is -2.53. The van der Waals surface area contributed by atoms with Crippen LogP contribution >= 0.6 is 0 Å². The van der Waals surface area contributed by atoms with Gasteiger partial charge in [-0.25, -0.2) is 9.78 Å². The normalized spacial score (nSPS) is 23.3. The number of hydrogen-bond donors (Lipinski definition) is 2. The van der Waals surface area contributed by atoms with Crippen molar-refractivity contribution in [2.24, 2.45) is 11.8 Å². The number of methoxy groups -OCH3 is 3. The number of aliphatic carboxylic acids is 1. The first-order valence-corrected chi connectivity index (χ1v) is 15.4. The Hall–Kier alpha value is -3.17. The fourth-order valence-corrected chi connectivity index (χ4v) is 6.96. The van der Waals surface area contributed by atoms with Crippen molar-refractivity contribution in [3.8, 4) is 11.6 Å². The van der Waals surface area contributed by atoms with Crippen LogP contribution in [0.4, 0.5) is 0 Å². The van der Waals surface area contributed by atoms with Crippen molar-refractivity contribution >= 4 is 11.9 Å². The quantitative estimate of drug-likeness (QED) is 0.370. The van der Waals surface area contributed by atoms with Crippen molar-refractivity contribution in [3.63, 3.8) is 0 Å². The summed E-state index contributed by atoms with van der Waals surface area (Å²) in [5.41, 5.74) is 1.81. The SMILES string of the molecule is COc1ccc(C(C)(C)C)cc1CN[C@H]1[C@H](C(C)(C)OC)[C@@H](C(=O)O)N(C(=O)C2CCCCC2)[C@H]1c1cccnc1OC. The molecule has 0 bridgehead atoms. The number of ether oxygens (including phenoxy) is 3. The minimum atomic E-state index is -1.13. The van der Waals surface area contributed by atoms with E-state index in [1.54, 1.807) is 38.5 Å². The second-order valence-corrected chi connectivity index (χ2v) is 13.4. The molecule has 2 N–H and O–H groups in total. The van der Waals surface area contributed by atoms with Gasteiger partial charge in [0.05, 0.1) is 25.9 Å². The maximum Gasteiger partial charge on any atom is 0.326 e. The third-order valence-electron chi connectivity index (χ3n) is 9.44. The van der Waals surface area contributed by atoms with E-state index in [1.807, 2.05) is 26.0 Å². The standard InChI is InChI=1S/C34H49N3O6/c1-33(2,3)23-16-17-25(41-6)22(19-23)20-36-27-26(34(4,5)43-8)29(32(39)40)37(31(38)21-13-10-9-11-14-21)28(27)24-15-12-18-35-30(24)42-7/h12,15-19,21,26-29,36H,9-11,13-14,20H2,1-8H3,(H,39,40)/t26-,27-,28-,29-/m0/s1. The summed E-state index contributed by atoms with van der Waals surface area (Å²) in [6.07, 6.45) is 6.16. The van der Waals surface area contributed by atoms with Crippen LogP contribution in [0.25, 0.3) is 0 Å². The predicted octanol–water partition coefficient (Wildman–Crippen LogP) is 5.51. The number of rotatable bonds is 10. The molecule has 236 valence electrons. The van der Waals surface area contributed by atoms with Gasteiger partial charge in [-0.3, -0.25) is 4.79 Å². The highest BCUT2D eigenvalue weighted by atomic mass is 16.5. The molecule has 1 amide bonds. The van der Waals surface area contributed by atoms with Crippen LogP contribution in [0.1, 0.15) is 89.5 Å². The first-order chi connectivity index (χ1) is 20.3. The molecule has 9 nitrogen and oxygen atoms in total. The summed E-state index contributed by atoms with van der Waals surface area (Å²) in [7, 11) is 4.79. The molecule has 4 rings (SSSR count). The van der Waals surface area contributed by atoms with Gasteiger partial charge in [0.25, 0.3) is 0 Å². The fourth-order valence-electron chi connectivity index (χ4n) is 6.96. The van der Waals surface area contributed by atoms with Gasteiger partial charge in [0, 0.05) is 48.9 Å². The maximum absolute atomic E-state index is 14.4. The Morgan fingerprint density at radius 2 is 1.72 bits per heavy atom. The summed E-state index contributed by atoms with van der Waals surface area (Å²) in [6.45, 7) is 10.7. The van der Waals surface area contributed by atoms with Crippen molar-refractivity contribution in [1.29, 1.82) is 0 Å². The Kier molecular flexibility index (Phi) is 10.1. The number of amides is 1. The third kappa shape index (κ3) is 6.68. The van der Waals surface area contributed by atoms with Crippen LogP contribution in [-0.2, 0) is 26.3 Å². The van der Waals surface area contributed by atoms with Gasteiger partial charge in [0.1, 0.15) is 11.8 Å². The molecule has 0 radical (unpaired) electrons. The monoisotopic (exact) mass is 595 g/mol. The summed E-state index contributed by atoms with van der Waals surface area (Å²) in [6, 6.07) is 7.58. The van der Waals surface area contributed by atoms with Crippen LogP contribution in [-0.4, -0.2) is 65.9 Å². The van der Waals surface area contributed by atoms with Gasteiger partial charge in [-0.1, -0.05) is 52.2 Å². The van der Waals surface area contributed by atoms with Crippen molar-refractivity contribution in [3.05, 3.63) is 53.2 Å². The zero-order chi connectivity index (χ0) is 31.5. The number of carboxylic acids is 1. The Bertz CT molecular complexity index is 1280. The van der Waals surface area contributed by atoms with Gasteiger partial charge >= 0.3 is 5.97 Å². The summed E-state index contributed by atoms with van der Waals surface area (Å²) < 4.78 is 17.4. The number of carbonyl (C=O) groups excluding carboxylic acids is 1. The molecule has 2 heterocycles. The number of carboxylic acid groups (broad SMARTS) is 1. The second-order valence-electron chi connectivity index (χ2n) is 13.4. The number of hydrogen-bond acceptors (Lipinski definition) is 7. The van der Waals surface area contributed by atoms with Crippen LogP contribution in [0.5, 0.6) is 11.6 Å². The van der Waals surface area contributed by atoms with Gasteiger partial charge in [-0.15, -0.1) is 0 Å². The molecular weight excluding hydrogens is 546 g/mol. The van der Waals surface area contributed by atoms with Crippen LogP contribution in [0, 0.1) is 11.8 Å². The number of nitrogens with one attached hydrogen (secondary N) is 1. The summed E-state index contributed by atoms with van der Waals surface area (Å²) in [5.74, 6) is -0.904. The van der Waals surface area contributed by atoms with E-state index < -0.39 is 35.6 Å². The van der Waals surface area contributed by atoms with E-state index in [2.05, 4.69) is 43.2 Å². The minimum Gasteiger partial charge on any atom is -0.496 e. The Morgan fingerprint density at radius 3 is 2.30 bits per heavy atom. The molecule has 2 aliphatic rings. The first-order valence-electron chi connectivity index (χ1n) is 15.4. The van der Waals surface area contributed by atoms with E-state index in [9.17, 15) is 14.7 Å². The van der Waals surface area contributed by atoms with Crippen molar-refractivity contribution in [1.82, 2.24) is 15.2 Å². The lowest BCUT2D eigenvalue weighted by atomic mass is 9.79. The Balaban J connectivity index is 1.89. The van der Waals surface area contributed by atoms with E-state index in [1.165, 1.54) is 0 Å². The zero-order valence-electron chi connectivity index (χ0n) is 27.0. The van der Waals surface area contributed by atoms with Gasteiger partial charge in [0.15, 0.2) is 0 Å². The highest BCUT2D eigenvalue weighted by Gasteiger charge is 2.60. The maximum atomic E-state index is 14.4. The average molecular weight is 596 g/mol. The summed E-state index contributed by atoms with van der Waals surface area (Å²) in [4.78, 5) is 33.8. The number of pyridine rings is 1. The van der Waals surface area contributed by atoms with Gasteiger partial charge in [-0.2, -0.15) is 0 Å². The molecular formula is C34H49N3O6. The number of carbonyl (C=O) groups is 2. The average Bonchev–Trinajstić information content (AvgIpc) is 3.35. The van der Waals surface area contributed by atoms with E-state index in [4.69, 9.17) is 14.2 Å². The molecule has 1 saturated carbocycles. The van der Waals surface area contributed by atoms with Crippen molar-refractivity contribution in [2.45, 2.75) is 102 Å². The van der Waals surface area contributed by atoms with Crippen molar-refractivity contribution in [2.75, 3.05) is 21.3 Å². The molecule has 9 heteroatoms. The highest BCUT2D eigenvalue weighted by molar-refractivity contribution is 5.87. The van der Waals surface area contributed by atoms with Crippen LogP contribution in [0.2, 0.25) is 0 Å². The summed E-state index contributed by atoms with van der Waals surface area (Å²) in [5, 5.41) is 14.5. The smallest absolute Gasteiger partial charge is 0.326 e. The minimum absolute atomic E-state index is 0.0712. The Morgan fingerprint density at radius 1 is 1.02 bits per heavy atom. The molecule has 1 aromatic heterocycles. The fraction of sp³-hybridized carbons (Fsp3) is 0.618. The van der Waals surface area contributed by atoms with Crippen molar-refractivity contribution < 1.29 is 28.9 Å². The molecule has 2 aromatic rings. The van der Waals surface area contributed by atoms with E-state index in [-0.39, 0.29) is 17.2 Å². The Labute approximate surface area is 256 Å². The lowest BCUT2D eigenvalue weighted by molar-refractivity contribution is -0.156. The van der Waals surface area contributed by atoms with Crippen LogP contribution in [0.15, 0.2) is 36.5 Å². The van der Waals surface area contributed by atoms with Crippen LogP contribution < -0.4 is 14.8 Å². The topological polar surface area (TPSA) is 110 Å². The number of aromatic nitrogens is 1. The van der Waals surface area contributed by atoms with Gasteiger partial charge in [0.2, 0.25) is 11.8 Å². The van der Waals surface area contributed by atoms with E-state index in [0.717, 1.165) is 49.0 Å². The van der Waals surface area contributed by atoms with Gasteiger partial charge < -0.3 is 29.5 Å². The number of benzene rings is 1. The van der Waals surface area contributed by atoms with Crippen LogP contribution in [0.3, 0.4) is 0 Å². The predicted molar refractivity (Wildman–Crippen MR) is 165 cm³/mol. The number of nitrogens with zero attached hydrogens (tertiary/aromatic N) is 2. The largest absolute Gasteiger partial charge is 0.496 e. The third-order valence-corrected chi connectivity index (χ3v) is 9.44. The van der Waals surface area contributed by atoms with Gasteiger partial charge in [-0.05, 0) is 55.9 Å². The molecule has 1 aliphatic carbocycles. The zero-order valence-corrected chi connectivity index (χ0v) is 27.0.